The third-order valence-corrected chi connectivity index (χ3v) is 3.79. The zero-order valence-corrected chi connectivity index (χ0v) is 13.1. The van der Waals surface area contributed by atoms with Crippen LogP contribution in [0.5, 0.6) is 11.5 Å². The van der Waals surface area contributed by atoms with Crippen molar-refractivity contribution in [2.24, 2.45) is 7.05 Å². The van der Waals surface area contributed by atoms with E-state index in [4.69, 9.17) is 21.1 Å². The van der Waals surface area contributed by atoms with Gasteiger partial charge in [-0.1, -0.05) is 23.7 Å². The third kappa shape index (κ3) is 2.74. The minimum atomic E-state index is -0.300. The summed E-state index contributed by atoms with van der Waals surface area (Å²) in [6.07, 6.45) is 2.26. The van der Waals surface area contributed by atoms with Gasteiger partial charge in [0.2, 0.25) is 0 Å². The molecule has 0 aliphatic carbocycles. The van der Waals surface area contributed by atoms with Crippen molar-refractivity contribution in [3.63, 3.8) is 0 Å². The molecule has 1 atom stereocenters. The number of carbonyl (C=O) groups is 1. The largest absolute Gasteiger partial charge is 0.493 e. The zero-order chi connectivity index (χ0) is 15.7. The van der Waals surface area contributed by atoms with E-state index in [0.717, 1.165) is 11.3 Å². The van der Waals surface area contributed by atoms with Crippen LogP contribution < -0.4 is 14.8 Å². The van der Waals surface area contributed by atoms with Gasteiger partial charge in [-0.15, -0.1) is 0 Å². The molecular weight excluding hydrogens is 306 g/mol. The lowest BCUT2D eigenvalue weighted by Crippen LogP contribution is -2.43. The van der Waals surface area contributed by atoms with Crippen LogP contribution in [0.3, 0.4) is 0 Å². The predicted molar refractivity (Wildman–Crippen MR) is 81.7 cm³/mol. The number of methoxy groups -OCH3 is 1. The molecule has 0 saturated heterocycles. The van der Waals surface area contributed by atoms with Crippen molar-refractivity contribution in [1.82, 2.24) is 15.1 Å². The standard InChI is InChI=1S/C15H16ClN3O3/c1-19-7-11(16)13(18-19)15(20)17-10-6-9-4-3-5-12(21-2)14(9)22-8-10/h3-5,7,10H,6,8H2,1-2H3,(H,17,20). The highest BCUT2D eigenvalue weighted by molar-refractivity contribution is 6.33. The molecule has 0 spiro atoms. The molecule has 1 aromatic carbocycles. The SMILES string of the molecule is COc1cccc2c1OCC(NC(=O)c1nn(C)cc1Cl)C2. The average Bonchev–Trinajstić information content (AvgIpc) is 2.85. The van der Waals surface area contributed by atoms with E-state index in [0.29, 0.717) is 23.8 Å². The fraction of sp³-hybridized carbons (Fsp3) is 0.333. The van der Waals surface area contributed by atoms with Gasteiger partial charge in [0.15, 0.2) is 17.2 Å². The highest BCUT2D eigenvalue weighted by Crippen LogP contribution is 2.34. The Kier molecular flexibility index (Phi) is 3.94. The molecule has 1 amide bonds. The minimum absolute atomic E-state index is 0.134. The lowest BCUT2D eigenvalue weighted by molar-refractivity contribution is 0.0909. The Morgan fingerprint density at radius 2 is 2.36 bits per heavy atom. The maximum absolute atomic E-state index is 12.2. The van der Waals surface area contributed by atoms with Gasteiger partial charge in [-0.05, 0) is 12.5 Å². The van der Waals surface area contributed by atoms with Crippen LogP contribution in [0.2, 0.25) is 5.02 Å². The quantitative estimate of drug-likeness (QED) is 0.936. The first-order chi connectivity index (χ1) is 10.6. The molecule has 1 aliphatic rings. The van der Waals surface area contributed by atoms with Crippen molar-refractivity contribution in [2.45, 2.75) is 12.5 Å². The average molecular weight is 322 g/mol. The van der Waals surface area contributed by atoms with Gasteiger partial charge in [-0.2, -0.15) is 5.10 Å². The third-order valence-electron chi connectivity index (χ3n) is 3.51. The molecular formula is C15H16ClN3O3. The number of aryl methyl sites for hydroxylation is 1. The molecule has 3 rings (SSSR count). The molecule has 7 heteroatoms. The fourth-order valence-corrected chi connectivity index (χ4v) is 2.78. The summed E-state index contributed by atoms with van der Waals surface area (Å²) in [6, 6.07) is 5.58. The Balaban J connectivity index is 1.73. The summed E-state index contributed by atoms with van der Waals surface area (Å²) in [5, 5.41) is 7.29. The number of benzene rings is 1. The van der Waals surface area contributed by atoms with Crippen LogP contribution in [0.25, 0.3) is 0 Å². The van der Waals surface area contributed by atoms with Crippen molar-refractivity contribution in [3.8, 4) is 11.5 Å². The number of carbonyl (C=O) groups excluding carboxylic acids is 1. The van der Waals surface area contributed by atoms with E-state index >= 15 is 0 Å². The number of hydrogen-bond donors (Lipinski definition) is 1. The van der Waals surface area contributed by atoms with Gasteiger partial charge in [0.05, 0.1) is 18.2 Å². The number of rotatable bonds is 3. The predicted octanol–water partition coefficient (Wildman–Crippen LogP) is 1.82. The first kappa shape index (κ1) is 14.7. The number of halogens is 1. The molecule has 22 heavy (non-hydrogen) atoms. The van der Waals surface area contributed by atoms with Gasteiger partial charge < -0.3 is 14.8 Å². The van der Waals surface area contributed by atoms with E-state index in [9.17, 15) is 4.79 Å². The Morgan fingerprint density at radius 1 is 1.55 bits per heavy atom. The van der Waals surface area contributed by atoms with E-state index in [1.807, 2.05) is 18.2 Å². The number of fused-ring (bicyclic) bond motifs is 1. The second kappa shape index (κ2) is 5.88. The van der Waals surface area contributed by atoms with Crippen LogP contribution in [-0.4, -0.2) is 35.4 Å². The van der Waals surface area contributed by atoms with Crippen molar-refractivity contribution in [2.75, 3.05) is 13.7 Å². The summed E-state index contributed by atoms with van der Waals surface area (Å²) in [7, 11) is 3.32. The first-order valence-electron chi connectivity index (χ1n) is 6.87. The maximum Gasteiger partial charge on any atom is 0.273 e. The summed E-state index contributed by atoms with van der Waals surface area (Å²) >= 11 is 5.99. The van der Waals surface area contributed by atoms with E-state index in [1.54, 1.807) is 20.4 Å². The first-order valence-corrected chi connectivity index (χ1v) is 7.25. The van der Waals surface area contributed by atoms with Crippen LogP contribution in [0.15, 0.2) is 24.4 Å². The Morgan fingerprint density at radius 3 is 3.05 bits per heavy atom. The van der Waals surface area contributed by atoms with Crippen LogP contribution >= 0.6 is 11.6 Å². The minimum Gasteiger partial charge on any atom is -0.493 e. The molecule has 0 saturated carbocycles. The Bertz CT molecular complexity index is 714. The molecule has 1 aromatic heterocycles. The van der Waals surface area contributed by atoms with Crippen molar-refractivity contribution >= 4 is 17.5 Å². The summed E-state index contributed by atoms with van der Waals surface area (Å²) < 4.78 is 12.5. The van der Waals surface area contributed by atoms with E-state index in [2.05, 4.69) is 10.4 Å². The van der Waals surface area contributed by atoms with Crippen molar-refractivity contribution in [3.05, 3.63) is 40.7 Å². The molecule has 0 bridgehead atoms. The summed E-state index contributed by atoms with van der Waals surface area (Å²) in [5.74, 6) is 1.15. The Labute approximate surface area is 133 Å². The van der Waals surface area contributed by atoms with Crippen molar-refractivity contribution < 1.29 is 14.3 Å². The zero-order valence-electron chi connectivity index (χ0n) is 12.3. The molecule has 1 N–H and O–H groups in total. The van der Waals surface area contributed by atoms with Gasteiger partial charge in [0.1, 0.15) is 6.61 Å². The van der Waals surface area contributed by atoms with Crippen molar-refractivity contribution in [1.29, 1.82) is 0 Å². The lowest BCUT2D eigenvalue weighted by Gasteiger charge is -2.27. The molecule has 1 aliphatic heterocycles. The molecule has 116 valence electrons. The Hall–Kier alpha value is -2.21. The van der Waals surface area contributed by atoms with Gasteiger partial charge in [-0.25, -0.2) is 0 Å². The van der Waals surface area contributed by atoms with Crippen LogP contribution in [0.1, 0.15) is 16.1 Å². The highest BCUT2D eigenvalue weighted by atomic mass is 35.5. The topological polar surface area (TPSA) is 65.4 Å². The summed E-state index contributed by atoms with van der Waals surface area (Å²) in [4.78, 5) is 12.2. The maximum atomic E-state index is 12.2. The lowest BCUT2D eigenvalue weighted by atomic mass is 10.0. The number of aromatic nitrogens is 2. The molecule has 0 radical (unpaired) electrons. The normalized spacial score (nSPS) is 16.6. The van der Waals surface area contributed by atoms with Gasteiger partial charge >= 0.3 is 0 Å². The second-order valence-corrected chi connectivity index (χ2v) is 5.54. The molecule has 2 aromatic rings. The number of hydrogen-bond acceptors (Lipinski definition) is 4. The summed E-state index contributed by atoms with van der Waals surface area (Å²) in [6.45, 7) is 0.379. The monoisotopic (exact) mass is 321 g/mol. The molecule has 0 fully saturated rings. The van der Waals surface area contributed by atoms with Gasteiger partial charge in [0, 0.05) is 18.8 Å². The van der Waals surface area contributed by atoms with E-state index in [1.165, 1.54) is 4.68 Å². The molecule has 2 heterocycles. The van der Waals surface area contributed by atoms with E-state index < -0.39 is 0 Å². The summed E-state index contributed by atoms with van der Waals surface area (Å²) in [5.41, 5.74) is 1.23. The highest BCUT2D eigenvalue weighted by Gasteiger charge is 2.25. The second-order valence-electron chi connectivity index (χ2n) is 5.13. The van der Waals surface area contributed by atoms with Crippen LogP contribution in [0.4, 0.5) is 0 Å². The smallest absolute Gasteiger partial charge is 0.273 e. The number of nitrogens with one attached hydrogen (secondary N) is 1. The number of nitrogens with zero attached hydrogens (tertiary/aromatic N) is 2. The fourth-order valence-electron chi connectivity index (χ4n) is 2.51. The molecule has 6 nitrogen and oxygen atoms in total. The number of ether oxygens (including phenoxy) is 2. The molecule has 1 unspecified atom stereocenters. The van der Waals surface area contributed by atoms with Gasteiger partial charge in [0.25, 0.3) is 5.91 Å². The number of amides is 1. The van der Waals surface area contributed by atoms with Crippen LogP contribution in [0, 0.1) is 0 Å². The van der Waals surface area contributed by atoms with E-state index in [-0.39, 0.29) is 17.6 Å². The number of para-hydroxylation sites is 1. The van der Waals surface area contributed by atoms with Gasteiger partial charge in [-0.3, -0.25) is 9.48 Å². The van der Waals surface area contributed by atoms with Crippen LogP contribution in [-0.2, 0) is 13.5 Å².